The van der Waals surface area contributed by atoms with Crippen LogP contribution in [0.5, 0.6) is 17.2 Å². The van der Waals surface area contributed by atoms with E-state index in [2.05, 4.69) is 14.8 Å². The lowest BCUT2D eigenvalue weighted by atomic mass is 10.2. The van der Waals surface area contributed by atoms with Gasteiger partial charge in [0.15, 0.2) is 11.5 Å². The van der Waals surface area contributed by atoms with Crippen LogP contribution in [0.25, 0.3) is 0 Å². The quantitative estimate of drug-likeness (QED) is 0.436. The van der Waals surface area contributed by atoms with E-state index in [4.69, 9.17) is 18.9 Å². The number of rotatable bonds is 10. The van der Waals surface area contributed by atoms with Crippen LogP contribution < -0.4 is 19.0 Å². The van der Waals surface area contributed by atoms with E-state index in [0.717, 1.165) is 32.8 Å². The average molecular weight is 450 g/mol. The van der Waals surface area contributed by atoms with E-state index in [-0.39, 0.29) is 4.90 Å². The largest absolute Gasteiger partial charge is 0.497 e. The first-order valence-electron chi connectivity index (χ1n) is 9.82. The molecular weight excluding hydrogens is 422 g/mol. The fraction of sp³-hybridized carbons (Fsp3) is 0.381. The van der Waals surface area contributed by atoms with Gasteiger partial charge in [-0.15, -0.1) is 0 Å². The predicted molar refractivity (Wildman–Crippen MR) is 117 cm³/mol. The Morgan fingerprint density at radius 1 is 1.06 bits per heavy atom. The summed E-state index contributed by atoms with van der Waals surface area (Å²) in [7, 11) is -0.707. The average Bonchev–Trinajstić information content (AvgIpc) is 2.80. The Hall–Kier alpha value is -2.82. The van der Waals surface area contributed by atoms with Gasteiger partial charge in [0.05, 0.1) is 38.5 Å². The molecule has 0 saturated carbocycles. The summed E-state index contributed by atoms with van der Waals surface area (Å²) < 4.78 is 46.3. The second-order valence-corrected chi connectivity index (χ2v) is 8.40. The number of sulfonamides is 1. The molecule has 0 aromatic heterocycles. The smallest absolute Gasteiger partial charge is 0.276 e. The molecule has 2 aromatic rings. The summed E-state index contributed by atoms with van der Waals surface area (Å²) in [6.45, 7) is 4.65. The summed E-state index contributed by atoms with van der Waals surface area (Å²) in [6, 6.07) is 11.3. The van der Waals surface area contributed by atoms with Gasteiger partial charge < -0.3 is 18.9 Å². The molecule has 9 nitrogen and oxygen atoms in total. The summed E-state index contributed by atoms with van der Waals surface area (Å²) in [4.78, 5) is 4.57. The second-order valence-electron chi connectivity index (χ2n) is 6.74. The maximum Gasteiger partial charge on any atom is 0.276 e. The third-order valence-electron chi connectivity index (χ3n) is 4.71. The number of nitrogens with one attached hydrogen (secondary N) is 1. The minimum absolute atomic E-state index is 0.0899. The fourth-order valence-corrected chi connectivity index (χ4v) is 3.76. The first kappa shape index (κ1) is 22.9. The summed E-state index contributed by atoms with van der Waals surface area (Å²) >= 11 is 0. The Kier molecular flexibility index (Phi) is 8.10. The van der Waals surface area contributed by atoms with E-state index in [9.17, 15) is 8.42 Å². The van der Waals surface area contributed by atoms with Gasteiger partial charge in [-0.1, -0.05) is 0 Å². The molecule has 1 saturated heterocycles. The molecule has 2 aromatic carbocycles. The maximum atomic E-state index is 12.3. The van der Waals surface area contributed by atoms with Gasteiger partial charge in [-0.25, -0.2) is 4.83 Å². The minimum atomic E-state index is -3.78. The van der Waals surface area contributed by atoms with E-state index >= 15 is 0 Å². The molecule has 0 bridgehead atoms. The normalized spacial score (nSPS) is 15.0. The van der Waals surface area contributed by atoms with Crippen molar-refractivity contribution in [1.82, 2.24) is 9.73 Å². The van der Waals surface area contributed by atoms with Crippen molar-refractivity contribution < 1.29 is 27.4 Å². The van der Waals surface area contributed by atoms with Crippen molar-refractivity contribution in [2.75, 3.05) is 53.7 Å². The summed E-state index contributed by atoms with van der Waals surface area (Å²) in [5.74, 6) is 1.73. The van der Waals surface area contributed by atoms with Crippen molar-refractivity contribution in [1.29, 1.82) is 0 Å². The standard InChI is InChI=1S/C21H27N3O6S/c1-27-18-4-6-19(7-5-18)31(25,26)23-22-16-17-3-8-20(21(15-17)28-2)30-14-11-24-9-12-29-13-10-24/h3-8,15-16,23H,9-14H2,1-2H3/b22-16-. The van der Waals surface area contributed by atoms with Gasteiger partial charge in [0.1, 0.15) is 12.4 Å². The van der Waals surface area contributed by atoms with Crippen molar-refractivity contribution in [3.8, 4) is 17.2 Å². The molecule has 1 N–H and O–H groups in total. The first-order chi connectivity index (χ1) is 15.0. The van der Waals surface area contributed by atoms with Crippen LogP contribution in [-0.4, -0.2) is 73.2 Å². The molecule has 1 aliphatic rings. The number of nitrogens with zero attached hydrogens (tertiary/aromatic N) is 2. The lowest BCUT2D eigenvalue weighted by Crippen LogP contribution is -2.38. The van der Waals surface area contributed by atoms with Gasteiger partial charge in [0, 0.05) is 19.6 Å². The topological polar surface area (TPSA) is 98.7 Å². The molecule has 0 amide bonds. The lowest BCUT2D eigenvalue weighted by Gasteiger charge is -2.26. The Labute approximate surface area is 182 Å². The molecule has 1 aliphatic heterocycles. The van der Waals surface area contributed by atoms with Crippen molar-refractivity contribution in [2.45, 2.75) is 4.90 Å². The Morgan fingerprint density at radius 2 is 1.81 bits per heavy atom. The molecule has 168 valence electrons. The number of hydrogen-bond donors (Lipinski definition) is 1. The Balaban J connectivity index is 1.57. The summed E-state index contributed by atoms with van der Waals surface area (Å²) in [6.07, 6.45) is 1.40. The Bertz CT molecular complexity index is 973. The highest BCUT2D eigenvalue weighted by Gasteiger charge is 2.13. The van der Waals surface area contributed by atoms with Crippen LogP contribution in [0.2, 0.25) is 0 Å². The number of ether oxygens (including phenoxy) is 4. The van der Waals surface area contributed by atoms with Gasteiger partial charge in [-0.3, -0.25) is 4.90 Å². The Morgan fingerprint density at radius 3 is 2.48 bits per heavy atom. The van der Waals surface area contributed by atoms with Crippen molar-refractivity contribution in [3.63, 3.8) is 0 Å². The van der Waals surface area contributed by atoms with E-state index in [1.807, 2.05) is 0 Å². The number of morpholine rings is 1. The SMILES string of the molecule is COc1ccc(S(=O)(=O)N/N=C\c2ccc(OCCN3CCOCC3)c(OC)c2)cc1. The van der Waals surface area contributed by atoms with Crippen LogP contribution in [0, 0.1) is 0 Å². The molecule has 0 spiro atoms. The third kappa shape index (κ3) is 6.58. The number of hydrogen-bond acceptors (Lipinski definition) is 8. The molecule has 1 fully saturated rings. The minimum Gasteiger partial charge on any atom is -0.497 e. The molecule has 3 rings (SSSR count). The van der Waals surface area contributed by atoms with Crippen LogP contribution in [0.4, 0.5) is 0 Å². The van der Waals surface area contributed by atoms with Crippen LogP contribution in [-0.2, 0) is 14.8 Å². The highest BCUT2D eigenvalue weighted by atomic mass is 32.2. The van der Waals surface area contributed by atoms with Gasteiger partial charge in [0.25, 0.3) is 10.0 Å². The molecule has 0 aliphatic carbocycles. The third-order valence-corrected chi connectivity index (χ3v) is 5.95. The zero-order valence-corrected chi connectivity index (χ0v) is 18.4. The number of benzene rings is 2. The number of hydrazone groups is 1. The van der Waals surface area contributed by atoms with Gasteiger partial charge in [-0.05, 0) is 48.0 Å². The molecule has 31 heavy (non-hydrogen) atoms. The van der Waals surface area contributed by atoms with Crippen LogP contribution in [0.1, 0.15) is 5.56 Å². The summed E-state index contributed by atoms with van der Waals surface area (Å²) in [5, 5.41) is 3.85. The van der Waals surface area contributed by atoms with Crippen molar-refractivity contribution >= 4 is 16.2 Å². The predicted octanol–water partition coefficient (Wildman–Crippen LogP) is 1.73. The van der Waals surface area contributed by atoms with E-state index in [1.54, 1.807) is 37.4 Å². The monoisotopic (exact) mass is 449 g/mol. The zero-order chi connectivity index (χ0) is 22.1. The van der Waals surface area contributed by atoms with Crippen LogP contribution >= 0.6 is 0 Å². The fourth-order valence-electron chi connectivity index (χ4n) is 2.97. The molecule has 10 heteroatoms. The van der Waals surface area contributed by atoms with E-state index < -0.39 is 10.0 Å². The second kappa shape index (κ2) is 11.0. The lowest BCUT2D eigenvalue weighted by molar-refractivity contribution is 0.0321. The molecule has 0 unspecified atom stereocenters. The maximum absolute atomic E-state index is 12.3. The molecule has 0 radical (unpaired) electrons. The highest BCUT2D eigenvalue weighted by Crippen LogP contribution is 2.27. The zero-order valence-electron chi connectivity index (χ0n) is 17.6. The molecular formula is C21H27N3O6S. The van der Waals surface area contributed by atoms with E-state index in [1.165, 1.54) is 25.5 Å². The van der Waals surface area contributed by atoms with Crippen LogP contribution in [0.3, 0.4) is 0 Å². The van der Waals surface area contributed by atoms with Gasteiger partial charge in [0.2, 0.25) is 0 Å². The highest BCUT2D eigenvalue weighted by molar-refractivity contribution is 7.89. The van der Waals surface area contributed by atoms with Crippen molar-refractivity contribution in [3.05, 3.63) is 48.0 Å². The van der Waals surface area contributed by atoms with Gasteiger partial charge in [-0.2, -0.15) is 13.5 Å². The van der Waals surface area contributed by atoms with Crippen molar-refractivity contribution in [2.24, 2.45) is 5.10 Å². The van der Waals surface area contributed by atoms with Crippen LogP contribution in [0.15, 0.2) is 52.5 Å². The first-order valence-corrected chi connectivity index (χ1v) is 11.3. The molecule has 0 atom stereocenters. The number of methoxy groups -OCH3 is 2. The van der Waals surface area contributed by atoms with Gasteiger partial charge >= 0.3 is 0 Å². The van der Waals surface area contributed by atoms with E-state index in [0.29, 0.717) is 29.4 Å². The summed E-state index contributed by atoms with van der Waals surface area (Å²) in [5.41, 5.74) is 0.662. The molecule has 1 heterocycles.